The van der Waals surface area contributed by atoms with Crippen molar-refractivity contribution in [2.75, 3.05) is 0 Å². The van der Waals surface area contributed by atoms with Gasteiger partial charge in [-0.15, -0.1) is 0 Å². The molecule has 1 aliphatic rings. The third-order valence-corrected chi connectivity index (χ3v) is 4.18. The van der Waals surface area contributed by atoms with Gasteiger partial charge >= 0.3 is 5.97 Å². The molecule has 1 fully saturated rings. The van der Waals surface area contributed by atoms with Gasteiger partial charge < -0.3 is 5.11 Å². The number of hydrogen-bond donors (Lipinski definition) is 1. The molecule has 3 unspecified atom stereocenters. The SMILES string of the molecule is Cc1cncc(CN2C(C)CCC(C(=O)O)C2C)c1. The van der Waals surface area contributed by atoms with Crippen molar-refractivity contribution in [1.82, 2.24) is 9.88 Å². The average Bonchev–Trinajstić information content (AvgIpc) is 2.34. The lowest BCUT2D eigenvalue weighted by atomic mass is 9.86. The van der Waals surface area contributed by atoms with E-state index in [4.69, 9.17) is 0 Å². The fraction of sp³-hybridized carbons (Fsp3) is 0.600. The molecule has 0 aromatic carbocycles. The Morgan fingerprint density at radius 2 is 2.16 bits per heavy atom. The van der Waals surface area contributed by atoms with Crippen molar-refractivity contribution in [3.05, 3.63) is 29.6 Å². The number of carboxylic acids is 1. The number of pyridine rings is 1. The predicted octanol–water partition coefficient (Wildman–Crippen LogP) is 2.46. The molecule has 0 radical (unpaired) electrons. The lowest BCUT2D eigenvalue weighted by molar-refractivity contribution is -0.146. The van der Waals surface area contributed by atoms with Gasteiger partial charge in [0.05, 0.1) is 5.92 Å². The van der Waals surface area contributed by atoms with Crippen LogP contribution in [0.2, 0.25) is 0 Å². The standard InChI is InChI=1S/C15H22N2O2/c1-10-6-13(8-16-7-10)9-17-11(2)4-5-14(12(17)3)15(18)19/h6-8,11-12,14H,4-5,9H2,1-3H3,(H,18,19). The highest BCUT2D eigenvalue weighted by Gasteiger charge is 2.36. The van der Waals surface area contributed by atoms with E-state index in [1.807, 2.05) is 26.2 Å². The average molecular weight is 262 g/mol. The smallest absolute Gasteiger partial charge is 0.308 e. The Labute approximate surface area is 114 Å². The number of aryl methyl sites for hydroxylation is 1. The fourth-order valence-electron chi connectivity index (χ4n) is 3.00. The predicted molar refractivity (Wildman–Crippen MR) is 73.8 cm³/mol. The number of likely N-dealkylation sites (tertiary alicyclic amines) is 1. The number of carbonyl (C=O) groups is 1. The zero-order valence-corrected chi connectivity index (χ0v) is 11.8. The second-order valence-corrected chi connectivity index (χ2v) is 5.65. The molecule has 0 spiro atoms. The van der Waals surface area contributed by atoms with Crippen LogP contribution in [0.25, 0.3) is 0 Å². The molecule has 1 N–H and O–H groups in total. The number of piperidine rings is 1. The third kappa shape index (κ3) is 3.13. The zero-order valence-electron chi connectivity index (χ0n) is 11.8. The summed E-state index contributed by atoms with van der Waals surface area (Å²) in [5, 5.41) is 9.28. The monoisotopic (exact) mass is 262 g/mol. The Morgan fingerprint density at radius 3 is 2.79 bits per heavy atom. The van der Waals surface area contributed by atoms with Crippen LogP contribution >= 0.6 is 0 Å². The number of carboxylic acid groups (broad SMARTS) is 1. The Morgan fingerprint density at radius 1 is 1.42 bits per heavy atom. The summed E-state index contributed by atoms with van der Waals surface area (Å²) in [5.74, 6) is -0.930. The number of hydrogen-bond acceptors (Lipinski definition) is 3. The first-order valence-corrected chi connectivity index (χ1v) is 6.88. The van der Waals surface area contributed by atoms with E-state index < -0.39 is 5.97 Å². The van der Waals surface area contributed by atoms with Gasteiger partial charge in [0.15, 0.2) is 0 Å². The van der Waals surface area contributed by atoms with E-state index in [-0.39, 0.29) is 12.0 Å². The minimum Gasteiger partial charge on any atom is -0.481 e. The highest BCUT2D eigenvalue weighted by atomic mass is 16.4. The molecule has 1 saturated heterocycles. The van der Waals surface area contributed by atoms with Crippen LogP contribution in [0.1, 0.15) is 37.8 Å². The van der Waals surface area contributed by atoms with Crippen LogP contribution < -0.4 is 0 Å². The Bertz CT molecular complexity index is 461. The first-order chi connectivity index (χ1) is 8.99. The summed E-state index contributed by atoms with van der Waals surface area (Å²) in [7, 11) is 0. The quantitative estimate of drug-likeness (QED) is 0.909. The van der Waals surface area contributed by atoms with Crippen LogP contribution in [0.15, 0.2) is 18.5 Å². The Hall–Kier alpha value is -1.42. The first-order valence-electron chi connectivity index (χ1n) is 6.88. The number of aromatic nitrogens is 1. The minimum atomic E-state index is -0.674. The summed E-state index contributed by atoms with van der Waals surface area (Å²) in [6.45, 7) is 7.01. The van der Waals surface area contributed by atoms with Crippen LogP contribution in [-0.2, 0) is 11.3 Å². The lowest BCUT2D eigenvalue weighted by Crippen LogP contribution is -2.50. The molecule has 3 atom stereocenters. The summed E-state index contributed by atoms with van der Waals surface area (Å²) in [6.07, 6.45) is 5.43. The highest BCUT2D eigenvalue weighted by Crippen LogP contribution is 2.29. The minimum absolute atomic E-state index is 0.0711. The van der Waals surface area contributed by atoms with Crippen LogP contribution in [0.4, 0.5) is 0 Å². The maximum absolute atomic E-state index is 11.3. The third-order valence-electron chi connectivity index (χ3n) is 4.18. The number of nitrogens with zero attached hydrogens (tertiary/aromatic N) is 2. The molecule has 4 heteroatoms. The molecule has 0 amide bonds. The molecule has 0 aliphatic carbocycles. The molecule has 2 heterocycles. The van der Waals surface area contributed by atoms with E-state index in [1.54, 1.807) is 0 Å². The van der Waals surface area contributed by atoms with Crippen molar-refractivity contribution in [3.8, 4) is 0 Å². The largest absolute Gasteiger partial charge is 0.481 e. The van der Waals surface area contributed by atoms with E-state index in [0.717, 1.165) is 30.5 Å². The van der Waals surface area contributed by atoms with Crippen molar-refractivity contribution in [2.24, 2.45) is 5.92 Å². The lowest BCUT2D eigenvalue weighted by Gasteiger charge is -2.42. The maximum Gasteiger partial charge on any atom is 0.308 e. The summed E-state index contributed by atoms with van der Waals surface area (Å²) >= 11 is 0. The molecule has 2 rings (SSSR count). The molecule has 0 saturated carbocycles. The second-order valence-electron chi connectivity index (χ2n) is 5.65. The van der Waals surface area contributed by atoms with Gasteiger partial charge in [-0.05, 0) is 44.7 Å². The summed E-state index contributed by atoms with van der Waals surface area (Å²) in [6, 6.07) is 2.62. The zero-order chi connectivity index (χ0) is 14.0. The van der Waals surface area contributed by atoms with Crippen molar-refractivity contribution < 1.29 is 9.90 Å². The molecule has 1 aromatic heterocycles. The van der Waals surface area contributed by atoms with E-state index in [9.17, 15) is 9.90 Å². The summed E-state index contributed by atoms with van der Waals surface area (Å²) in [4.78, 5) is 17.8. The summed E-state index contributed by atoms with van der Waals surface area (Å²) < 4.78 is 0. The van der Waals surface area contributed by atoms with E-state index in [2.05, 4.69) is 22.9 Å². The van der Waals surface area contributed by atoms with E-state index in [0.29, 0.717) is 6.04 Å². The number of rotatable bonds is 3. The molecule has 0 bridgehead atoms. The van der Waals surface area contributed by atoms with E-state index in [1.165, 1.54) is 0 Å². The van der Waals surface area contributed by atoms with Gasteiger partial charge in [0.1, 0.15) is 0 Å². The van der Waals surface area contributed by atoms with Gasteiger partial charge in [-0.2, -0.15) is 0 Å². The van der Waals surface area contributed by atoms with Gasteiger partial charge in [-0.25, -0.2) is 0 Å². The summed E-state index contributed by atoms with van der Waals surface area (Å²) in [5.41, 5.74) is 2.30. The maximum atomic E-state index is 11.3. The first kappa shape index (κ1) is 14.0. The van der Waals surface area contributed by atoms with Gasteiger partial charge in [-0.1, -0.05) is 6.07 Å². The fourth-order valence-corrected chi connectivity index (χ4v) is 3.00. The molecule has 4 nitrogen and oxygen atoms in total. The molecule has 1 aliphatic heterocycles. The molecular formula is C15H22N2O2. The second kappa shape index (κ2) is 5.70. The van der Waals surface area contributed by atoms with Crippen LogP contribution in [0.5, 0.6) is 0 Å². The Balaban J connectivity index is 2.14. The number of aliphatic carboxylic acids is 1. The molecule has 1 aromatic rings. The van der Waals surface area contributed by atoms with Crippen LogP contribution in [0, 0.1) is 12.8 Å². The van der Waals surface area contributed by atoms with Gasteiger partial charge in [0.25, 0.3) is 0 Å². The highest BCUT2D eigenvalue weighted by molar-refractivity contribution is 5.71. The van der Waals surface area contributed by atoms with Crippen LogP contribution in [-0.4, -0.2) is 33.0 Å². The molecular weight excluding hydrogens is 240 g/mol. The van der Waals surface area contributed by atoms with Gasteiger partial charge in [-0.3, -0.25) is 14.7 Å². The van der Waals surface area contributed by atoms with Crippen molar-refractivity contribution in [1.29, 1.82) is 0 Å². The van der Waals surface area contributed by atoms with Crippen molar-refractivity contribution in [2.45, 2.75) is 52.2 Å². The normalized spacial score (nSPS) is 28.3. The Kier molecular flexibility index (Phi) is 4.20. The topological polar surface area (TPSA) is 53.4 Å². The van der Waals surface area contributed by atoms with Crippen LogP contribution in [0.3, 0.4) is 0 Å². The van der Waals surface area contributed by atoms with Crippen molar-refractivity contribution >= 4 is 5.97 Å². The van der Waals surface area contributed by atoms with Gasteiger partial charge in [0.2, 0.25) is 0 Å². The van der Waals surface area contributed by atoms with Crippen molar-refractivity contribution in [3.63, 3.8) is 0 Å². The molecule has 19 heavy (non-hydrogen) atoms. The van der Waals surface area contributed by atoms with Gasteiger partial charge in [0, 0.05) is 31.0 Å². The molecule has 104 valence electrons. The van der Waals surface area contributed by atoms with E-state index >= 15 is 0 Å².